The van der Waals surface area contributed by atoms with Gasteiger partial charge in [0.2, 0.25) is 0 Å². The number of aromatic nitrogens is 1. The molecule has 102 valence electrons. The third-order valence-corrected chi connectivity index (χ3v) is 3.04. The van der Waals surface area contributed by atoms with Gasteiger partial charge < -0.3 is 9.72 Å². The second-order valence-electron chi connectivity index (χ2n) is 3.70. The third kappa shape index (κ3) is 3.44. The van der Waals surface area contributed by atoms with Crippen LogP contribution in [0.5, 0.6) is 0 Å². The van der Waals surface area contributed by atoms with E-state index in [2.05, 4.69) is 4.98 Å². The van der Waals surface area contributed by atoms with E-state index in [0.717, 1.165) is 0 Å². The molecule has 0 bridgehead atoms. The SMILES string of the molecule is CCOC(=O)c1cc2cc(SC(F)(F)F)ccc2[nH]1. The van der Waals surface area contributed by atoms with Gasteiger partial charge in [-0.3, -0.25) is 0 Å². The zero-order valence-electron chi connectivity index (χ0n) is 9.88. The van der Waals surface area contributed by atoms with Crippen LogP contribution in [0.1, 0.15) is 17.4 Å². The van der Waals surface area contributed by atoms with Crippen molar-refractivity contribution < 1.29 is 22.7 Å². The number of thioether (sulfide) groups is 1. The fraction of sp³-hybridized carbons (Fsp3) is 0.250. The molecule has 19 heavy (non-hydrogen) atoms. The van der Waals surface area contributed by atoms with Crippen LogP contribution in [0, 0.1) is 0 Å². The van der Waals surface area contributed by atoms with Crippen molar-refractivity contribution in [1.82, 2.24) is 4.98 Å². The lowest BCUT2D eigenvalue weighted by atomic mass is 10.2. The average Bonchev–Trinajstić information content (AvgIpc) is 2.70. The molecule has 0 spiro atoms. The minimum absolute atomic E-state index is 0.0782. The number of hydrogen-bond donors (Lipinski definition) is 1. The number of rotatable bonds is 3. The van der Waals surface area contributed by atoms with Gasteiger partial charge in [0.15, 0.2) is 0 Å². The molecule has 3 nitrogen and oxygen atoms in total. The fourth-order valence-corrected chi connectivity index (χ4v) is 2.22. The summed E-state index contributed by atoms with van der Waals surface area (Å²) in [5.41, 5.74) is -3.51. The van der Waals surface area contributed by atoms with Gasteiger partial charge in [-0.2, -0.15) is 13.2 Å². The summed E-state index contributed by atoms with van der Waals surface area (Å²) in [5, 5.41) is 0.539. The molecule has 0 amide bonds. The zero-order chi connectivity index (χ0) is 14.0. The van der Waals surface area contributed by atoms with Crippen molar-refractivity contribution in [2.45, 2.75) is 17.3 Å². The standard InChI is InChI=1S/C12H10F3NO2S/c1-2-18-11(17)10-6-7-5-8(19-12(13,14)15)3-4-9(7)16-10/h3-6,16H,2H2,1H3. The lowest BCUT2D eigenvalue weighted by Crippen LogP contribution is -2.04. The van der Waals surface area contributed by atoms with Gasteiger partial charge in [-0.1, -0.05) is 0 Å². The number of nitrogens with one attached hydrogen (secondary N) is 1. The van der Waals surface area contributed by atoms with Crippen LogP contribution in [0.3, 0.4) is 0 Å². The van der Waals surface area contributed by atoms with Gasteiger partial charge in [-0.25, -0.2) is 4.79 Å². The van der Waals surface area contributed by atoms with Gasteiger partial charge in [0.1, 0.15) is 5.69 Å². The predicted octanol–water partition coefficient (Wildman–Crippen LogP) is 3.96. The van der Waals surface area contributed by atoms with Crippen molar-refractivity contribution in [2.24, 2.45) is 0 Å². The number of H-pyrrole nitrogens is 1. The third-order valence-electron chi connectivity index (χ3n) is 2.32. The van der Waals surface area contributed by atoms with Crippen LogP contribution in [0.4, 0.5) is 13.2 Å². The Morgan fingerprint density at radius 2 is 2.11 bits per heavy atom. The highest BCUT2D eigenvalue weighted by Crippen LogP contribution is 2.37. The van der Waals surface area contributed by atoms with Crippen molar-refractivity contribution in [3.8, 4) is 0 Å². The molecule has 0 saturated heterocycles. The van der Waals surface area contributed by atoms with E-state index >= 15 is 0 Å². The maximum absolute atomic E-state index is 12.3. The number of fused-ring (bicyclic) bond motifs is 1. The fourth-order valence-electron chi connectivity index (χ4n) is 1.63. The Kier molecular flexibility index (Phi) is 3.75. The summed E-state index contributed by atoms with van der Waals surface area (Å²) < 4.78 is 41.6. The Labute approximate surface area is 111 Å². The molecule has 2 rings (SSSR count). The molecule has 0 unspecified atom stereocenters. The largest absolute Gasteiger partial charge is 0.461 e. The number of aromatic amines is 1. The summed E-state index contributed by atoms with van der Waals surface area (Å²) in [6, 6.07) is 5.72. The van der Waals surface area contributed by atoms with Gasteiger partial charge in [0.25, 0.3) is 0 Å². The number of hydrogen-bond acceptors (Lipinski definition) is 3. The molecular weight excluding hydrogens is 279 g/mol. The van der Waals surface area contributed by atoms with Gasteiger partial charge in [0.05, 0.1) is 6.61 Å². The van der Waals surface area contributed by atoms with E-state index in [1.54, 1.807) is 6.92 Å². The van der Waals surface area contributed by atoms with Crippen molar-refractivity contribution in [1.29, 1.82) is 0 Å². The number of ether oxygens (including phenoxy) is 1. The highest BCUT2D eigenvalue weighted by molar-refractivity contribution is 8.00. The predicted molar refractivity (Wildman–Crippen MR) is 66.2 cm³/mol. The molecule has 0 aliphatic rings. The summed E-state index contributed by atoms with van der Waals surface area (Å²) in [6.07, 6.45) is 0. The quantitative estimate of drug-likeness (QED) is 0.687. The Hall–Kier alpha value is -1.63. The van der Waals surface area contributed by atoms with Crippen LogP contribution in [-0.2, 0) is 4.74 Å². The van der Waals surface area contributed by atoms with E-state index in [1.807, 2.05) is 0 Å². The maximum Gasteiger partial charge on any atom is 0.446 e. The number of carbonyl (C=O) groups is 1. The number of carbonyl (C=O) groups excluding carboxylic acids is 1. The molecule has 1 aromatic carbocycles. The van der Waals surface area contributed by atoms with Crippen LogP contribution in [0.15, 0.2) is 29.2 Å². The van der Waals surface area contributed by atoms with Gasteiger partial charge in [-0.05, 0) is 43.0 Å². The Bertz CT molecular complexity index is 607. The molecule has 0 aliphatic heterocycles. The van der Waals surface area contributed by atoms with Crippen LogP contribution < -0.4 is 0 Å². The molecule has 0 fully saturated rings. The Balaban J connectivity index is 2.31. The summed E-state index contributed by atoms with van der Waals surface area (Å²) >= 11 is -0.187. The normalized spacial score (nSPS) is 11.8. The van der Waals surface area contributed by atoms with E-state index in [0.29, 0.717) is 10.9 Å². The second-order valence-corrected chi connectivity index (χ2v) is 4.84. The first-order chi connectivity index (χ1) is 8.89. The summed E-state index contributed by atoms with van der Waals surface area (Å²) in [6.45, 7) is 1.92. The van der Waals surface area contributed by atoms with Gasteiger partial charge in [0, 0.05) is 15.8 Å². The topological polar surface area (TPSA) is 42.1 Å². The minimum Gasteiger partial charge on any atom is -0.461 e. The molecule has 0 saturated carbocycles. The summed E-state index contributed by atoms with van der Waals surface area (Å²) in [5.74, 6) is -0.524. The molecule has 0 radical (unpaired) electrons. The van der Waals surface area contributed by atoms with E-state index in [9.17, 15) is 18.0 Å². The van der Waals surface area contributed by atoms with Crippen LogP contribution >= 0.6 is 11.8 Å². The minimum atomic E-state index is -4.33. The smallest absolute Gasteiger partial charge is 0.446 e. The molecule has 2 aromatic rings. The average molecular weight is 289 g/mol. The number of benzene rings is 1. The van der Waals surface area contributed by atoms with Crippen LogP contribution in [-0.4, -0.2) is 23.1 Å². The Morgan fingerprint density at radius 3 is 2.74 bits per heavy atom. The highest BCUT2D eigenvalue weighted by atomic mass is 32.2. The van der Waals surface area contributed by atoms with Crippen molar-refractivity contribution in [3.05, 3.63) is 30.0 Å². The molecule has 1 heterocycles. The van der Waals surface area contributed by atoms with Crippen LogP contribution in [0.2, 0.25) is 0 Å². The van der Waals surface area contributed by atoms with Gasteiger partial charge in [-0.15, -0.1) is 0 Å². The van der Waals surface area contributed by atoms with Crippen molar-refractivity contribution >= 4 is 28.6 Å². The summed E-state index contributed by atoms with van der Waals surface area (Å²) in [4.78, 5) is 14.4. The van der Waals surface area contributed by atoms with Gasteiger partial charge >= 0.3 is 11.5 Å². The summed E-state index contributed by atoms with van der Waals surface area (Å²) in [7, 11) is 0. The molecule has 1 N–H and O–H groups in total. The monoisotopic (exact) mass is 289 g/mol. The first kappa shape index (κ1) is 13.8. The van der Waals surface area contributed by atoms with Crippen molar-refractivity contribution in [3.63, 3.8) is 0 Å². The maximum atomic E-state index is 12.3. The molecular formula is C12H10F3NO2S. The zero-order valence-corrected chi connectivity index (χ0v) is 10.7. The first-order valence-corrected chi connectivity index (χ1v) is 6.26. The first-order valence-electron chi connectivity index (χ1n) is 5.44. The van der Waals surface area contributed by atoms with Crippen molar-refractivity contribution in [2.75, 3.05) is 6.61 Å². The molecule has 1 aromatic heterocycles. The second kappa shape index (κ2) is 5.16. The van der Waals surface area contributed by atoms with E-state index < -0.39 is 11.5 Å². The lowest BCUT2D eigenvalue weighted by Gasteiger charge is -2.04. The molecule has 7 heteroatoms. The molecule has 0 aliphatic carbocycles. The number of halogens is 3. The number of esters is 1. The molecule has 0 atom stereocenters. The Morgan fingerprint density at radius 1 is 1.37 bits per heavy atom. The lowest BCUT2D eigenvalue weighted by molar-refractivity contribution is -0.0328. The highest BCUT2D eigenvalue weighted by Gasteiger charge is 2.29. The van der Waals surface area contributed by atoms with E-state index in [1.165, 1.54) is 24.3 Å². The number of alkyl halides is 3. The van der Waals surface area contributed by atoms with Crippen LogP contribution in [0.25, 0.3) is 10.9 Å². The van der Waals surface area contributed by atoms with E-state index in [4.69, 9.17) is 4.74 Å². The van der Waals surface area contributed by atoms with E-state index in [-0.39, 0.29) is 29.0 Å².